The molecule has 1 aliphatic rings. The second-order valence-corrected chi connectivity index (χ2v) is 6.21. The van der Waals surface area contributed by atoms with E-state index >= 15 is 0 Å². The third-order valence-corrected chi connectivity index (χ3v) is 3.60. The van der Waals surface area contributed by atoms with Crippen molar-refractivity contribution in [2.24, 2.45) is 11.7 Å². The van der Waals surface area contributed by atoms with Crippen LogP contribution in [0.4, 0.5) is 0 Å². The van der Waals surface area contributed by atoms with Gasteiger partial charge in [-0.05, 0) is 42.2 Å². The van der Waals surface area contributed by atoms with Crippen molar-refractivity contribution in [3.05, 3.63) is 71.5 Å². The van der Waals surface area contributed by atoms with Crippen LogP contribution in [-0.4, -0.2) is 30.9 Å². The van der Waals surface area contributed by atoms with Crippen molar-refractivity contribution in [2.45, 2.75) is 33.0 Å². The summed E-state index contributed by atoms with van der Waals surface area (Å²) in [4.78, 5) is 12.3. The molecule has 1 aliphatic carbocycles. The molecule has 0 aliphatic heterocycles. The molecule has 2 rings (SSSR count). The molecule has 0 bridgehead atoms. The van der Waals surface area contributed by atoms with Gasteiger partial charge in [0.05, 0.1) is 11.7 Å². The van der Waals surface area contributed by atoms with Crippen LogP contribution in [0.1, 0.15) is 25.8 Å². The number of hydrogen-bond donors (Lipinski definition) is 2. The molecule has 0 heterocycles. The molecule has 5 nitrogen and oxygen atoms in total. The average molecular weight is 359 g/mol. The maximum Gasteiger partial charge on any atom is 0.338 e. The average Bonchev–Trinajstić information content (AvgIpc) is 2.84. The van der Waals surface area contributed by atoms with Gasteiger partial charge in [-0.1, -0.05) is 44.2 Å². The lowest BCUT2D eigenvalue weighted by Crippen LogP contribution is -2.13. The Bertz CT molecular complexity index is 633. The molecule has 0 amide bonds. The Morgan fingerprint density at radius 1 is 1.23 bits per heavy atom. The summed E-state index contributed by atoms with van der Waals surface area (Å²) in [6, 6.07) is 9.58. The number of ether oxygens (including phenoxy) is 2. The maximum atomic E-state index is 12.3. The number of aliphatic hydroxyl groups is 1. The number of hydrogen-bond acceptors (Lipinski definition) is 5. The van der Waals surface area contributed by atoms with E-state index in [9.17, 15) is 4.79 Å². The minimum Gasteiger partial charge on any atom is -0.457 e. The van der Waals surface area contributed by atoms with Crippen molar-refractivity contribution in [3.8, 4) is 0 Å². The van der Waals surface area contributed by atoms with Crippen LogP contribution in [0.15, 0.2) is 65.9 Å². The second kappa shape index (κ2) is 12.1. The topological polar surface area (TPSA) is 81.8 Å². The standard InChI is InChI=1S/C20H25NO3.CH4O/c1-15(2)10-11-23-19-9-8-18(21)12-17(13-19)20(22)24-14-16-6-4-3-5-7-16;1-2/h3-9,12-13,15,19H,10-11,14,21H2,1-2H3;2H,1H3. The first-order valence-electron chi connectivity index (χ1n) is 8.69. The van der Waals surface area contributed by atoms with E-state index in [-0.39, 0.29) is 12.7 Å². The van der Waals surface area contributed by atoms with Crippen molar-refractivity contribution in [1.82, 2.24) is 0 Å². The van der Waals surface area contributed by atoms with Crippen molar-refractivity contribution in [1.29, 1.82) is 0 Å². The highest BCUT2D eigenvalue weighted by molar-refractivity contribution is 5.92. The van der Waals surface area contributed by atoms with Crippen LogP contribution in [0.2, 0.25) is 0 Å². The first kappa shape index (κ1) is 21.7. The first-order chi connectivity index (χ1) is 12.5. The Balaban J connectivity index is 0.00000163. The molecule has 1 atom stereocenters. The van der Waals surface area contributed by atoms with Crippen LogP contribution in [0.5, 0.6) is 0 Å². The fraction of sp³-hybridized carbons (Fsp3) is 0.381. The highest BCUT2D eigenvalue weighted by atomic mass is 16.5. The molecule has 0 saturated heterocycles. The van der Waals surface area contributed by atoms with Crippen molar-refractivity contribution in [3.63, 3.8) is 0 Å². The Morgan fingerprint density at radius 2 is 1.92 bits per heavy atom. The molecule has 142 valence electrons. The fourth-order valence-corrected chi connectivity index (χ4v) is 2.19. The maximum absolute atomic E-state index is 12.3. The van der Waals surface area contributed by atoms with Crippen molar-refractivity contribution >= 4 is 5.97 Å². The highest BCUT2D eigenvalue weighted by Crippen LogP contribution is 2.14. The summed E-state index contributed by atoms with van der Waals surface area (Å²) in [6.07, 6.45) is 7.67. The third kappa shape index (κ3) is 8.14. The van der Waals surface area contributed by atoms with Gasteiger partial charge >= 0.3 is 5.97 Å². The van der Waals surface area contributed by atoms with Crippen LogP contribution < -0.4 is 5.73 Å². The Labute approximate surface area is 155 Å². The molecule has 5 heteroatoms. The van der Waals surface area contributed by atoms with Gasteiger partial charge in [0.25, 0.3) is 0 Å². The van der Waals surface area contributed by atoms with E-state index in [0.29, 0.717) is 23.8 Å². The second-order valence-electron chi connectivity index (χ2n) is 6.21. The van der Waals surface area contributed by atoms with Gasteiger partial charge in [-0.3, -0.25) is 0 Å². The number of benzene rings is 1. The smallest absolute Gasteiger partial charge is 0.338 e. The number of esters is 1. The summed E-state index contributed by atoms with van der Waals surface area (Å²) >= 11 is 0. The van der Waals surface area contributed by atoms with Gasteiger partial charge in [-0.2, -0.15) is 0 Å². The Morgan fingerprint density at radius 3 is 2.58 bits per heavy atom. The molecule has 3 N–H and O–H groups in total. The number of carbonyl (C=O) groups is 1. The third-order valence-electron chi connectivity index (χ3n) is 3.60. The first-order valence-corrected chi connectivity index (χ1v) is 8.69. The quantitative estimate of drug-likeness (QED) is 0.731. The number of carbonyl (C=O) groups excluding carboxylic acids is 1. The monoisotopic (exact) mass is 359 g/mol. The lowest BCUT2D eigenvalue weighted by molar-refractivity contribution is -0.139. The number of rotatable bonds is 7. The molecule has 0 aromatic heterocycles. The SMILES string of the molecule is CC(C)CCOC1C=CC(N)=CC(C(=O)OCc2ccccc2)=C1.CO. The molecule has 0 radical (unpaired) electrons. The van der Waals surface area contributed by atoms with Gasteiger partial charge in [-0.15, -0.1) is 0 Å². The zero-order valence-corrected chi connectivity index (χ0v) is 15.7. The van der Waals surface area contributed by atoms with E-state index in [1.54, 1.807) is 18.2 Å². The lowest BCUT2D eigenvalue weighted by atomic mass is 10.1. The minimum absolute atomic E-state index is 0.233. The van der Waals surface area contributed by atoms with E-state index in [1.807, 2.05) is 36.4 Å². The van der Waals surface area contributed by atoms with Crippen LogP contribution in [-0.2, 0) is 20.9 Å². The van der Waals surface area contributed by atoms with Gasteiger partial charge in [0, 0.05) is 19.4 Å². The molecule has 26 heavy (non-hydrogen) atoms. The summed E-state index contributed by atoms with van der Waals surface area (Å²) in [5, 5.41) is 7.00. The molecule has 0 saturated carbocycles. The number of allylic oxidation sites excluding steroid dienone is 1. The molecule has 1 aromatic rings. The normalized spacial score (nSPS) is 16.1. The number of nitrogens with two attached hydrogens (primary N) is 1. The Hall–Kier alpha value is -2.37. The molecule has 0 spiro atoms. The van der Waals surface area contributed by atoms with Gasteiger partial charge < -0.3 is 20.3 Å². The van der Waals surface area contributed by atoms with Crippen molar-refractivity contribution in [2.75, 3.05) is 13.7 Å². The summed E-state index contributed by atoms with van der Waals surface area (Å²) in [6.45, 7) is 5.16. The predicted octanol–water partition coefficient (Wildman–Crippen LogP) is 3.11. The van der Waals surface area contributed by atoms with Gasteiger partial charge in [0.1, 0.15) is 6.61 Å². The van der Waals surface area contributed by atoms with E-state index in [2.05, 4.69) is 13.8 Å². The minimum atomic E-state index is -0.400. The largest absolute Gasteiger partial charge is 0.457 e. The van der Waals surface area contributed by atoms with Crippen LogP contribution >= 0.6 is 0 Å². The molecular formula is C21H29NO4. The van der Waals surface area contributed by atoms with E-state index in [4.69, 9.17) is 20.3 Å². The van der Waals surface area contributed by atoms with Crippen LogP contribution in [0, 0.1) is 5.92 Å². The summed E-state index contributed by atoms with van der Waals surface area (Å²) in [5.41, 5.74) is 7.75. The van der Waals surface area contributed by atoms with E-state index in [1.165, 1.54) is 0 Å². The fourth-order valence-electron chi connectivity index (χ4n) is 2.19. The van der Waals surface area contributed by atoms with Crippen LogP contribution in [0.3, 0.4) is 0 Å². The Kier molecular flexibility index (Phi) is 10.1. The van der Waals surface area contributed by atoms with Gasteiger partial charge in [0.2, 0.25) is 0 Å². The summed E-state index contributed by atoms with van der Waals surface area (Å²) in [7, 11) is 1.00. The zero-order valence-electron chi connectivity index (χ0n) is 15.7. The lowest BCUT2D eigenvalue weighted by Gasteiger charge is -2.12. The number of aliphatic hydroxyl groups excluding tert-OH is 1. The van der Waals surface area contributed by atoms with Gasteiger partial charge in [0.15, 0.2) is 0 Å². The molecular weight excluding hydrogens is 330 g/mol. The summed E-state index contributed by atoms with van der Waals surface area (Å²) in [5.74, 6) is 0.171. The molecule has 1 aromatic carbocycles. The van der Waals surface area contributed by atoms with Crippen molar-refractivity contribution < 1.29 is 19.4 Å². The van der Waals surface area contributed by atoms with Crippen LogP contribution in [0.25, 0.3) is 0 Å². The highest BCUT2D eigenvalue weighted by Gasteiger charge is 2.15. The zero-order chi connectivity index (χ0) is 19.4. The van der Waals surface area contributed by atoms with Gasteiger partial charge in [-0.25, -0.2) is 4.79 Å². The molecule has 0 fully saturated rings. The van der Waals surface area contributed by atoms with E-state index < -0.39 is 5.97 Å². The summed E-state index contributed by atoms with van der Waals surface area (Å²) < 4.78 is 11.2. The van der Waals surface area contributed by atoms with E-state index in [0.717, 1.165) is 19.1 Å². The predicted molar refractivity (Wildman–Crippen MR) is 103 cm³/mol. The molecule has 1 unspecified atom stereocenters.